The lowest BCUT2D eigenvalue weighted by atomic mass is 9.56. The van der Waals surface area contributed by atoms with Gasteiger partial charge in [-0.2, -0.15) is 17.7 Å². The molecule has 1 saturated carbocycles. The first-order valence-electron chi connectivity index (χ1n) is 23.9. The fraction of sp³-hybridized carbons (Fsp3) is 0.491. The number of aliphatic carboxylic acids is 1. The van der Waals surface area contributed by atoms with Crippen molar-refractivity contribution in [3.63, 3.8) is 0 Å². The van der Waals surface area contributed by atoms with E-state index in [2.05, 4.69) is 134 Å². The standard InChI is InChI=1S/C51H62N6O5.C2HF3O2/c1-48(2)38-17-9-11-19-40(38)54(5)43(48)22-15-23-44-49(3,4)39-18-10-12-20-41(39)57(44)26-14-6-7-24-45(58)52-25-27-61-42-21-13-8-16-37(42)28-36-29-50(30-36)31-55(32-50)47(60)56-33-51(34-56)35-62-46(59)53-51;3-2(4,5)1(6)7/h8-13,15-23,36H,6-7,14,24-35H2,1-5H3,(H-,52,53,58,59);(H,6,7). The Labute approximate surface area is 402 Å². The number of likely N-dealkylation sites (N-methyl/N-ethyl adjacent to an activating group) is 1. The molecule has 4 fully saturated rings. The lowest BCUT2D eigenvalue weighted by Crippen LogP contribution is -2.74. The Morgan fingerprint density at radius 2 is 1.55 bits per heavy atom. The van der Waals surface area contributed by atoms with Gasteiger partial charge < -0.3 is 44.7 Å². The topological polar surface area (TPSA) is 147 Å². The van der Waals surface area contributed by atoms with Crippen LogP contribution in [0.3, 0.4) is 0 Å². The van der Waals surface area contributed by atoms with Gasteiger partial charge in [-0.3, -0.25) is 4.79 Å². The van der Waals surface area contributed by atoms with Gasteiger partial charge in [0.05, 0.1) is 25.0 Å². The maximum absolute atomic E-state index is 13.0. The number of benzene rings is 3. The maximum atomic E-state index is 13.0. The molecule has 9 rings (SSSR count). The molecule has 0 radical (unpaired) electrons. The number of carbonyl (C=O) groups is 4. The Bertz CT molecular complexity index is 2550. The molecule has 2 N–H and O–H groups in total. The zero-order chi connectivity index (χ0) is 49.4. The van der Waals surface area contributed by atoms with Gasteiger partial charge in [-0.05, 0) is 81.2 Å². The molecule has 6 aliphatic rings. The molecule has 0 unspecified atom stereocenters. The molecule has 3 aromatic rings. The number of carboxylic acids is 1. The van der Waals surface area contributed by atoms with Crippen molar-refractivity contribution in [2.45, 2.75) is 95.2 Å². The smallest absolute Gasteiger partial charge is 0.430 e. The van der Waals surface area contributed by atoms with Crippen LogP contribution in [0.1, 0.15) is 82.9 Å². The van der Waals surface area contributed by atoms with Crippen LogP contribution < -0.4 is 25.4 Å². The van der Waals surface area contributed by atoms with Gasteiger partial charge in [0.2, 0.25) is 11.6 Å². The highest BCUT2D eigenvalue weighted by atomic mass is 19.4. The van der Waals surface area contributed by atoms with Gasteiger partial charge in [0.25, 0.3) is 0 Å². The van der Waals surface area contributed by atoms with E-state index in [1.165, 1.54) is 39.5 Å². The maximum Gasteiger partial charge on any atom is 0.430 e. The Hall–Kier alpha value is -6.32. The van der Waals surface area contributed by atoms with Gasteiger partial charge in [0, 0.05) is 72.9 Å². The summed E-state index contributed by atoms with van der Waals surface area (Å²) in [4.78, 5) is 52.1. The van der Waals surface area contributed by atoms with E-state index in [0.717, 1.165) is 63.9 Å². The number of hydrogen-bond donors (Lipinski definition) is 2. The number of alkyl carbamates (subject to hydrolysis) is 1. The lowest BCUT2D eigenvalue weighted by Gasteiger charge is -2.61. The summed E-state index contributed by atoms with van der Waals surface area (Å²) in [5, 5.41) is 14.7. The molecular weight excluding hydrogens is 890 g/mol. The first-order valence-corrected chi connectivity index (χ1v) is 23.9. The van der Waals surface area contributed by atoms with E-state index < -0.39 is 18.2 Å². The van der Waals surface area contributed by atoms with E-state index >= 15 is 0 Å². The van der Waals surface area contributed by atoms with Crippen LogP contribution in [0.5, 0.6) is 5.75 Å². The number of nitrogens with zero attached hydrogens (tertiary/aromatic N) is 4. The average Bonchev–Trinajstić information content (AvgIpc) is 3.83. The first-order chi connectivity index (χ1) is 32.7. The van der Waals surface area contributed by atoms with Crippen LogP contribution in [-0.2, 0) is 31.6 Å². The number of rotatable bonds is 14. The first kappa shape index (κ1) is 49.1. The van der Waals surface area contributed by atoms with Crippen LogP contribution in [0.2, 0.25) is 0 Å². The third kappa shape index (κ3) is 10.2. The Kier molecular flexibility index (Phi) is 13.7. The predicted molar refractivity (Wildman–Crippen MR) is 253 cm³/mol. The van der Waals surface area contributed by atoms with Crippen molar-refractivity contribution in [2.75, 3.05) is 64.4 Å². The number of halogens is 3. The van der Waals surface area contributed by atoms with Crippen molar-refractivity contribution in [2.24, 2.45) is 11.3 Å². The molecule has 3 saturated heterocycles. The molecule has 3 aromatic carbocycles. The molecule has 0 bridgehead atoms. The Balaban J connectivity index is 0.000000853. The molecule has 13 nitrogen and oxygen atoms in total. The number of urea groups is 1. The molecule has 5 heterocycles. The van der Waals surface area contributed by atoms with Gasteiger partial charge in [0.1, 0.15) is 37.0 Å². The molecule has 0 aromatic heterocycles. The van der Waals surface area contributed by atoms with Crippen molar-refractivity contribution in [3.8, 4) is 5.75 Å². The lowest BCUT2D eigenvalue weighted by molar-refractivity contribution is -0.438. The molecular formula is C53H63F3N6O7. The van der Waals surface area contributed by atoms with Crippen molar-refractivity contribution in [1.29, 1.82) is 0 Å². The summed E-state index contributed by atoms with van der Waals surface area (Å²) in [5.41, 5.74) is 8.71. The van der Waals surface area contributed by atoms with Gasteiger partial charge >= 0.3 is 18.3 Å². The number of para-hydroxylation sites is 3. The molecule has 16 heteroatoms. The van der Waals surface area contributed by atoms with Crippen LogP contribution in [0, 0.1) is 11.3 Å². The summed E-state index contributed by atoms with van der Waals surface area (Å²) in [6.07, 6.45) is 7.74. The zero-order valence-electron chi connectivity index (χ0n) is 40.1. The van der Waals surface area contributed by atoms with Crippen LogP contribution >= 0.6 is 0 Å². The van der Waals surface area contributed by atoms with E-state index in [-0.39, 0.29) is 33.7 Å². The molecule has 368 valence electrons. The van der Waals surface area contributed by atoms with Gasteiger partial charge in [-0.1, -0.05) is 74.5 Å². The minimum absolute atomic E-state index is 0.0688. The minimum Gasteiger partial charge on any atom is -0.542 e. The third-order valence-electron chi connectivity index (χ3n) is 14.8. The summed E-state index contributed by atoms with van der Waals surface area (Å²) in [6, 6.07) is 25.8. The fourth-order valence-corrected chi connectivity index (χ4v) is 11.4. The monoisotopic (exact) mass is 952 g/mol. The van der Waals surface area contributed by atoms with E-state index in [4.69, 9.17) is 19.4 Å². The summed E-state index contributed by atoms with van der Waals surface area (Å²) in [7, 11) is 2.17. The highest BCUT2D eigenvalue weighted by molar-refractivity contribution is 6.03. The number of anilines is 1. The number of unbranched alkanes of at least 4 members (excludes halogenated alkanes) is 2. The highest BCUT2D eigenvalue weighted by Gasteiger charge is 2.57. The summed E-state index contributed by atoms with van der Waals surface area (Å²) >= 11 is 0. The fourth-order valence-electron chi connectivity index (χ4n) is 11.4. The van der Waals surface area contributed by atoms with Gasteiger partial charge in [-0.25, -0.2) is 9.59 Å². The molecule has 0 atom stereocenters. The number of ether oxygens (including phenoxy) is 2. The minimum atomic E-state index is -5.19. The number of carbonyl (C=O) groups excluding carboxylic acids is 4. The van der Waals surface area contributed by atoms with Crippen molar-refractivity contribution in [3.05, 3.63) is 113 Å². The quantitative estimate of drug-likeness (QED) is 0.128. The highest BCUT2D eigenvalue weighted by Crippen LogP contribution is 2.54. The number of allylic oxidation sites excluding steroid dienone is 4. The second kappa shape index (κ2) is 19.2. The molecule has 69 heavy (non-hydrogen) atoms. The normalized spacial score (nSPS) is 20.7. The zero-order valence-corrected chi connectivity index (χ0v) is 40.1. The number of alkyl halides is 3. The van der Waals surface area contributed by atoms with Crippen molar-refractivity contribution < 1.29 is 51.5 Å². The summed E-state index contributed by atoms with van der Waals surface area (Å²) in [5.74, 6) is -1.49. The number of hydrogen-bond acceptors (Lipinski definition) is 8. The van der Waals surface area contributed by atoms with Crippen LogP contribution in [0.15, 0.2) is 96.7 Å². The van der Waals surface area contributed by atoms with E-state index in [9.17, 15) is 27.6 Å². The van der Waals surface area contributed by atoms with Crippen LogP contribution in [0.25, 0.3) is 0 Å². The number of amides is 4. The summed E-state index contributed by atoms with van der Waals surface area (Å²) in [6.45, 7) is 14.1. The van der Waals surface area contributed by atoms with Crippen LogP contribution in [-0.4, -0.2) is 115 Å². The Morgan fingerprint density at radius 3 is 2.23 bits per heavy atom. The van der Waals surface area contributed by atoms with Crippen molar-refractivity contribution >= 4 is 41.1 Å². The van der Waals surface area contributed by atoms with Crippen LogP contribution in [0.4, 0.5) is 34.1 Å². The molecule has 1 aliphatic carbocycles. The number of likely N-dealkylation sites (tertiary alicyclic amines) is 2. The predicted octanol–water partition coefficient (Wildman–Crippen LogP) is 7.15. The number of nitrogens with one attached hydrogen (secondary N) is 2. The van der Waals surface area contributed by atoms with Crippen molar-refractivity contribution in [1.82, 2.24) is 20.4 Å². The second-order valence-corrected chi connectivity index (χ2v) is 20.6. The average molecular weight is 953 g/mol. The second-order valence-electron chi connectivity index (χ2n) is 20.6. The van der Waals surface area contributed by atoms with E-state index in [0.29, 0.717) is 45.2 Å². The molecule has 2 spiro atoms. The SMILES string of the molecule is CN1/C(=C\C=C\C2=[N+](CCCCCC(=O)NCCOc3ccccc3CC3CC4(C3)CN(C(=O)N3CC5(COC(=O)N5)C3)C4)c3ccccc3C2(C)C)C(C)(C)c2ccccc21.O=C([O-])C(F)(F)F. The number of cyclic esters (lactones) is 1. The number of fused-ring (bicyclic) bond motifs is 2. The number of carboxylic acid groups (broad SMARTS) is 1. The van der Waals surface area contributed by atoms with E-state index in [1.54, 1.807) is 0 Å². The largest absolute Gasteiger partial charge is 0.542 e. The van der Waals surface area contributed by atoms with E-state index in [1.807, 2.05) is 21.9 Å². The molecule has 5 aliphatic heterocycles. The molecule has 4 amide bonds. The summed E-state index contributed by atoms with van der Waals surface area (Å²) < 4.78 is 45.3. The third-order valence-corrected chi connectivity index (χ3v) is 14.8. The van der Waals surface area contributed by atoms with Gasteiger partial charge in [0.15, 0.2) is 5.71 Å². The van der Waals surface area contributed by atoms with Gasteiger partial charge in [-0.15, -0.1) is 0 Å². The Morgan fingerprint density at radius 1 is 0.899 bits per heavy atom.